The van der Waals surface area contributed by atoms with Crippen molar-refractivity contribution in [2.45, 2.75) is 24.3 Å². The van der Waals surface area contributed by atoms with E-state index in [2.05, 4.69) is 0 Å². The van der Waals surface area contributed by atoms with E-state index in [-0.39, 0.29) is 21.5 Å². The average molecular weight is 349 g/mol. The van der Waals surface area contributed by atoms with Gasteiger partial charge in [-0.3, -0.25) is 0 Å². The van der Waals surface area contributed by atoms with Crippen molar-refractivity contribution in [3.8, 4) is 0 Å². The van der Waals surface area contributed by atoms with E-state index in [1.54, 1.807) is 6.07 Å². The van der Waals surface area contributed by atoms with E-state index in [1.807, 2.05) is 13.8 Å². The van der Waals surface area contributed by atoms with Gasteiger partial charge in [0, 0.05) is 18.7 Å². The highest BCUT2D eigenvalue weighted by Crippen LogP contribution is 2.28. The van der Waals surface area contributed by atoms with Crippen LogP contribution in [-0.4, -0.2) is 43.0 Å². The summed E-state index contributed by atoms with van der Waals surface area (Å²) < 4.78 is 32.3. The lowest BCUT2D eigenvalue weighted by atomic mass is 10.1. The summed E-state index contributed by atoms with van der Waals surface area (Å²) in [7, 11) is -3.67. The predicted octanol–water partition coefficient (Wildman–Crippen LogP) is 1.77. The van der Waals surface area contributed by atoms with Gasteiger partial charge in [-0.2, -0.15) is 4.31 Å². The minimum atomic E-state index is -3.67. The molecule has 8 heteroatoms. The van der Waals surface area contributed by atoms with Gasteiger partial charge in [-0.05, 0) is 26.0 Å². The normalized spacial score (nSPS) is 19.4. The predicted molar refractivity (Wildman–Crippen MR) is 86.1 cm³/mol. The van der Waals surface area contributed by atoms with Crippen molar-refractivity contribution in [2.75, 3.05) is 19.7 Å². The first-order chi connectivity index (χ1) is 9.63. The monoisotopic (exact) mass is 348 g/mol. The first-order valence-electron chi connectivity index (χ1n) is 6.37. The molecule has 0 unspecified atom stereocenters. The number of nitrogens with zero attached hydrogens (tertiary/aromatic N) is 1. The Hall–Kier alpha value is -0.730. The van der Waals surface area contributed by atoms with Crippen molar-refractivity contribution < 1.29 is 13.2 Å². The first-order valence-corrected chi connectivity index (χ1v) is 8.59. The summed E-state index contributed by atoms with van der Waals surface area (Å²) in [4.78, 5) is 0.232. The summed E-state index contributed by atoms with van der Waals surface area (Å²) in [5.74, 6) is 0. The van der Waals surface area contributed by atoms with Crippen molar-refractivity contribution in [2.24, 2.45) is 5.73 Å². The van der Waals surface area contributed by atoms with Gasteiger partial charge in [0.05, 0.1) is 17.2 Å². The summed E-state index contributed by atoms with van der Waals surface area (Å²) in [6, 6.07) is 4.48. The molecule has 116 valence electrons. The molecule has 1 saturated heterocycles. The Kier molecular flexibility index (Phi) is 4.60. The summed E-state index contributed by atoms with van der Waals surface area (Å²) >= 11 is 11.0. The number of halogens is 1. The fourth-order valence-corrected chi connectivity index (χ4v) is 4.40. The Balaban J connectivity index is 2.38. The van der Waals surface area contributed by atoms with E-state index in [4.69, 9.17) is 34.3 Å². The smallest absolute Gasteiger partial charge is 0.244 e. The maximum atomic E-state index is 12.7. The second-order valence-electron chi connectivity index (χ2n) is 5.46. The third-order valence-electron chi connectivity index (χ3n) is 3.22. The van der Waals surface area contributed by atoms with Gasteiger partial charge in [0.1, 0.15) is 9.88 Å². The second-order valence-corrected chi connectivity index (χ2v) is 8.21. The minimum absolute atomic E-state index is 0.0573. The highest BCUT2D eigenvalue weighted by atomic mass is 35.5. The van der Waals surface area contributed by atoms with Crippen molar-refractivity contribution in [3.63, 3.8) is 0 Å². The minimum Gasteiger partial charge on any atom is -0.389 e. The Morgan fingerprint density at radius 1 is 1.48 bits per heavy atom. The first kappa shape index (κ1) is 16.6. The van der Waals surface area contributed by atoms with E-state index in [0.717, 1.165) is 0 Å². The lowest BCUT2D eigenvalue weighted by Gasteiger charge is -2.37. The van der Waals surface area contributed by atoms with Crippen LogP contribution in [0.5, 0.6) is 0 Å². The van der Waals surface area contributed by atoms with Gasteiger partial charge in [-0.25, -0.2) is 8.42 Å². The number of nitrogens with two attached hydrogens (primary N) is 1. The maximum Gasteiger partial charge on any atom is 0.244 e. The topological polar surface area (TPSA) is 72.6 Å². The standard InChI is InChI=1S/C13H17ClN2O3S2/c1-13(2)8-16(5-6-19-13)21(17,18)11-4-3-9(12(15)20)7-10(11)14/h3-4,7H,5-6,8H2,1-2H3,(H2,15,20). The van der Waals surface area contributed by atoms with Gasteiger partial charge in [0.2, 0.25) is 10.0 Å². The Morgan fingerprint density at radius 2 is 2.14 bits per heavy atom. The van der Waals surface area contributed by atoms with Crippen LogP contribution in [0.4, 0.5) is 0 Å². The Bertz CT molecular complexity index is 674. The molecule has 1 heterocycles. The second kappa shape index (κ2) is 5.81. The summed E-state index contributed by atoms with van der Waals surface area (Å²) in [5.41, 5.74) is 5.54. The number of ether oxygens (including phenoxy) is 1. The number of hydrogen-bond acceptors (Lipinski definition) is 4. The SMILES string of the molecule is CC1(C)CN(S(=O)(=O)c2ccc(C(N)=S)cc2Cl)CCO1. The van der Waals surface area contributed by atoms with Crippen LogP contribution in [0.1, 0.15) is 19.4 Å². The maximum absolute atomic E-state index is 12.7. The summed E-state index contributed by atoms with van der Waals surface area (Å²) in [6.45, 7) is 4.65. The Labute approximate surface area is 135 Å². The molecule has 1 aliphatic heterocycles. The molecule has 0 amide bonds. The third-order valence-corrected chi connectivity index (χ3v) is 5.79. The van der Waals surface area contributed by atoms with Crippen LogP contribution < -0.4 is 5.73 Å². The third kappa shape index (κ3) is 3.54. The summed E-state index contributed by atoms with van der Waals surface area (Å²) in [5, 5.41) is 0.115. The molecule has 1 fully saturated rings. The van der Waals surface area contributed by atoms with Crippen molar-refractivity contribution in [3.05, 3.63) is 28.8 Å². The van der Waals surface area contributed by atoms with Crippen LogP contribution in [0.2, 0.25) is 5.02 Å². The molecule has 1 aromatic carbocycles. The number of sulfonamides is 1. The van der Waals surface area contributed by atoms with Crippen LogP contribution in [0.3, 0.4) is 0 Å². The number of benzene rings is 1. The van der Waals surface area contributed by atoms with Gasteiger partial charge in [-0.1, -0.05) is 29.9 Å². The zero-order chi connectivity index (χ0) is 15.8. The molecule has 1 aliphatic rings. The molecule has 0 atom stereocenters. The number of thiocarbonyl (C=S) groups is 1. The lowest BCUT2D eigenvalue weighted by Crippen LogP contribution is -2.50. The van der Waals surface area contributed by atoms with Crippen molar-refractivity contribution >= 4 is 38.8 Å². The van der Waals surface area contributed by atoms with Crippen molar-refractivity contribution in [1.82, 2.24) is 4.31 Å². The number of rotatable bonds is 3. The number of hydrogen-bond donors (Lipinski definition) is 1. The molecule has 2 rings (SSSR count). The molecular formula is C13H17ClN2O3S2. The molecule has 5 nitrogen and oxygen atoms in total. The molecule has 0 saturated carbocycles. The molecule has 0 spiro atoms. The van der Waals surface area contributed by atoms with Gasteiger partial charge in [-0.15, -0.1) is 0 Å². The molecule has 0 aromatic heterocycles. The van der Waals surface area contributed by atoms with Crippen LogP contribution in [0.25, 0.3) is 0 Å². The van der Waals surface area contributed by atoms with E-state index >= 15 is 0 Å². The van der Waals surface area contributed by atoms with Crippen LogP contribution in [0, 0.1) is 0 Å². The Morgan fingerprint density at radius 3 is 2.67 bits per heavy atom. The summed E-state index contributed by atoms with van der Waals surface area (Å²) in [6.07, 6.45) is 0. The van der Waals surface area contributed by atoms with Gasteiger partial charge in [0.15, 0.2) is 0 Å². The van der Waals surface area contributed by atoms with E-state index in [1.165, 1.54) is 16.4 Å². The molecule has 0 radical (unpaired) electrons. The molecule has 0 aliphatic carbocycles. The van der Waals surface area contributed by atoms with Gasteiger partial charge >= 0.3 is 0 Å². The zero-order valence-corrected chi connectivity index (χ0v) is 14.2. The molecule has 21 heavy (non-hydrogen) atoms. The highest BCUT2D eigenvalue weighted by molar-refractivity contribution is 7.89. The zero-order valence-electron chi connectivity index (χ0n) is 11.8. The average Bonchev–Trinajstić information content (AvgIpc) is 2.36. The molecular weight excluding hydrogens is 332 g/mol. The fraction of sp³-hybridized carbons (Fsp3) is 0.462. The van der Waals surface area contributed by atoms with E-state index in [0.29, 0.717) is 18.7 Å². The lowest BCUT2D eigenvalue weighted by molar-refractivity contribution is -0.0640. The van der Waals surface area contributed by atoms with Crippen LogP contribution >= 0.6 is 23.8 Å². The fourth-order valence-electron chi connectivity index (χ4n) is 2.18. The highest BCUT2D eigenvalue weighted by Gasteiger charge is 2.35. The van der Waals surface area contributed by atoms with E-state index < -0.39 is 15.6 Å². The van der Waals surface area contributed by atoms with Gasteiger partial charge in [0.25, 0.3) is 0 Å². The van der Waals surface area contributed by atoms with Crippen LogP contribution in [-0.2, 0) is 14.8 Å². The molecule has 2 N–H and O–H groups in total. The largest absolute Gasteiger partial charge is 0.389 e. The number of morpholine rings is 1. The quantitative estimate of drug-likeness (QED) is 0.843. The van der Waals surface area contributed by atoms with Gasteiger partial charge < -0.3 is 10.5 Å². The van der Waals surface area contributed by atoms with E-state index in [9.17, 15) is 8.42 Å². The van der Waals surface area contributed by atoms with Crippen molar-refractivity contribution in [1.29, 1.82) is 0 Å². The molecule has 0 bridgehead atoms. The van der Waals surface area contributed by atoms with Crippen LogP contribution in [0.15, 0.2) is 23.1 Å². The molecule has 1 aromatic rings.